The molecule has 1 atom stereocenters. The third-order valence-corrected chi connectivity index (χ3v) is 5.64. The highest BCUT2D eigenvalue weighted by Crippen LogP contribution is 2.26. The van der Waals surface area contributed by atoms with Gasteiger partial charge in [-0.2, -0.15) is 0 Å². The van der Waals surface area contributed by atoms with Crippen LogP contribution in [-0.4, -0.2) is 35.9 Å². The van der Waals surface area contributed by atoms with Crippen LogP contribution in [0.1, 0.15) is 45.2 Å². The van der Waals surface area contributed by atoms with Crippen molar-refractivity contribution in [1.29, 1.82) is 0 Å². The minimum Gasteiger partial charge on any atom is -0.483 e. The van der Waals surface area contributed by atoms with Gasteiger partial charge < -0.3 is 15.0 Å². The van der Waals surface area contributed by atoms with Crippen LogP contribution in [0.5, 0.6) is 5.75 Å². The van der Waals surface area contributed by atoms with Gasteiger partial charge in [-0.05, 0) is 57.9 Å². The highest BCUT2D eigenvalue weighted by Gasteiger charge is 2.29. The maximum Gasteiger partial charge on any atom is 0.261 e. The third-order valence-electron chi connectivity index (χ3n) is 5.02. The van der Waals surface area contributed by atoms with Crippen LogP contribution in [0.25, 0.3) is 0 Å². The SMILES string of the molecule is CCc1ccc(OCC(=O)N(Cc2ccccc2)C(CC)C(=O)NCC(C)C)c(Br)c1. The van der Waals surface area contributed by atoms with E-state index in [1.54, 1.807) is 4.90 Å². The number of nitrogens with one attached hydrogen (secondary N) is 1. The topological polar surface area (TPSA) is 58.6 Å². The van der Waals surface area contributed by atoms with Crippen LogP contribution < -0.4 is 10.1 Å². The molecule has 0 aromatic heterocycles. The maximum absolute atomic E-state index is 13.2. The summed E-state index contributed by atoms with van der Waals surface area (Å²) in [4.78, 5) is 27.7. The normalized spacial score (nSPS) is 11.8. The maximum atomic E-state index is 13.2. The minimum atomic E-state index is -0.555. The summed E-state index contributed by atoms with van der Waals surface area (Å²) in [5.41, 5.74) is 2.16. The van der Waals surface area contributed by atoms with Crippen molar-refractivity contribution in [1.82, 2.24) is 10.2 Å². The zero-order valence-corrected chi connectivity index (χ0v) is 20.4. The van der Waals surface area contributed by atoms with Gasteiger partial charge >= 0.3 is 0 Å². The molecule has 0 radical (unpaired) electrons. The van der Waals surface area contributed by atoms with Crippen LogP contribution in [0.3, 0.4) is 0 Å². The van der Waals surface area contributed by atoms with Gasteiger partial charge in [0.2, 0.25) is 5.91 Å². The molecule has 0 aliphatic carbocycles. The van der Waals surface area contributed by atoms with Gasteiger partial charge in [-0.15, -0.1) is 0 Å². The molecular formula is C25H33BrN2O3. The van der Waals surface area contributed by atoms with Crippen molar-refractivity contribution < 1.29 is 14.3 Å². The van der Waals surface area contributed by atoms with E-state index in [0.717, 1.165) is 16.5 Å². The fourth-order valence-electron chi connectivity index (χ4n) is 3.23. The van der Waals surface area contributed by atoms with E-state index in [9.17, 15) is 9.59 Å². The van der Waals surface area contributed by atoms with Crippen LogP contribution in [0, 0.1) is 5.92 Å². The highest BCUT2D eigenvalue weighted by molar-refractivity contribution is 9.10. The predicted octanol–water partition coefficient (Wildman–Crippen LogP) is 4.97. The van der Waals surface area contributed by atoms with Crippen molar-refractivity contribution in [3.63, 3.8) is 0 Å². The molecule has 6 heteroatoms. The molecule has 0 spiro atoms. The predicted molar refractivity (Wildman–Crippen MR) is 128 cm³/mol. The van der Waals surface area contributed by atoms with Crippen LogP contribution >= 0.6 is 15.9 Å². The lowest BCUT2D eigenvalue weighted by Crippen LogP contribution is -2.50. The van der Waals surface area contributed by atoms with Crippen molar-refractivity contribution in [2.45, 2.75) is 53.1 Å². The molecule has 0 fully saturated rings. The molecule has 2 aromatic rings. The molecule has 0 aliphatic rings. The summed E-state index contributed by atoms with van der Waals surface area (Å²) in [6, 6.07) is 15.0. The molecule has 0 heterocycles. The van der Waals surface area contributed by atoms with Crippen molar-refractivity contribution in [3.8, 4) is 5.75 Å². The second-order valence-electron chi connectivity index (χ2n) is 7.98. The molecule has 0 aliphatic heterocycles. The van der Waals surface area contributed by atoms with Gasteiger partial charge in [0.1, 0.15) is 11.8 Å². The molecule has 31 heavy (non-hydrogen) atoms. The molecule has 0 saturated heterocycles. The monoisotopic (exact) mass is 488 g/mol. The quantitative estimate of drug-likeness (QED) is 0.485. The third kappa shape index (κ3) is 7.69. The van der Waals surface area contributed by atoms with Gasteiger partial charge in [0, 0.05) is 13.1 Å². The molecular weight excluding hydrogens is 456 g/mol. The minimum absolute atomic E-state index is 0.131. The number of benzene rings is 2. The zero-order chi connectivity index (χ0) is 22.8. The number of hydrogen-bond donors (Lipinski definition) is 1. The Morgan fingerprint density at radius 2 is 1.77 bits per heavy atom. The van der Waals surface area contributed by atoms with Gasteiger partial charge in [0.25, 0.3) is 5.91 Å². The molecule has 1 unspecified atom stereocenters. The average molecular weight is 489 g/mol. The number of nitrogens with zero attached hydrogens (tertiary/aromatic N) is 1. The number of amides is 2. The molecule has 5 nitrogen and oxygen atoms in total. The first-order valence-corrected chi connectivity index (χ1v) is 11.7. The van der Waals surface area contributed by atoms with Crippen molar-refractivity contribution in [3.05, 3.63) is 64.1 Å². The Kier molecular flexibility index (Phi) is 10.0. The largest absolute Gasteiger partial charge is 0.483 e. The number of rotatable bonds is 11. The first-order valence-electron chi connectivity index (χ1n) is 10.9. The van der Waals surface area contributed by atoms with Gasteiger partial charge in [0.15, 0.2) is 6.61 Å². The lowest BCUT2D eigenvalue weighted by atomic mass is 10.1. The van der Waals surface area contributed by atoms with Crippen molar-refractivity contribution in [2.75, 3.05) is 13.2 Å². The van der Waals surface area contributed by atoms with E-state index >= 15 is 0 Å². The second-order valence-corrected chi connectivity index (χ2v) is 8.83. The van der Waals surface area contributed by atoms with Crippen LogP contribution in [0.4, 0.5) is 0 Å². The molecule has 2 amide bonds. The van der Waals surface area contributed by atoms with E-state index in [1.807, 2.05) is 69.3 Å². The van der Waals surface area contributed by atoms with E-state index in [1.165, 1.54) is 5.56 Å². The summed E-state index contributed by atoms with van der Waals surface area (Å²) in [5.74, 6) is 0.602. The molecule has 0 saturated carbocycles. The number of halogens is 1. The molecule has 168 valence electrons. The second kappa shape index (κ2) is 12.5. The van der Waals surface area contributed by atoms with E-state index < -0.39 is 6.04 Å². The van der Waals surface area contributed by atoms with Crippen LogP contribution in [-0.2, 0) is 22.6 Å². The Labute approximate surface area is 194 Å². The van der Waals surface area contributed by atoms with E-state index in [-0.39, 0.29) is 18.4 Å². The van der Waals surface area contributed by atoms with Crippen LogP contribution in [0.15, 0.2) is 53.0 Å². The number of ether oxygens (including phenoxy) is 1. The summed E-state index contributed by atoms with van der Waals surface area (Å²) in [5, 5.41) is 2.97. The lowest BCUT2D eigenvalue weighted by Gasteiger charge is -2.31. The van der Waals surface area contributed by atoms with Crippen LogP contribution in [0.2, 0.25) is 0 Å². The molecule has 2 rings (SSSR count). The van der Waals surface area contributed by atoms with Gasteiger partial charge in [-0.3, -0.25) is 9.59 Å². The summed E-state index contributed by atoms with van der Waals surface area (Å²) in [7, 11) is 0. The fraction of sp³-hybridized carbons (Fsp3) is 0.440. The standard InChI is InChI=1S/C25H33BrN2O3/c1-5-19-12-13-23(21(26)14-19)31-17-24(29)28(16-20-10-8-7-9-11-20)22(6-2)25(30)27-15-18(3)4/h7-14,18,22H,5-6,15-17H2,1-4H3,(H,27,30). The van der Waals surface area contributed by atoms with Gasteiger partial charge in [0.05, 0.1) is 4.47 Å². The number of hydrogen-bond acceptors (Lipinski definition) is 3. The fourth-order valence-corrected chi connectivity index (χ4v) is 3.77. The lowest BCUT2D eigenvalue weighted by molar-refractivity contribution is -0.143. The summed E-state index contributed by atoms with van der Waals surface area (Å²) >= 11 is 3.51. The van der Waals surface area contributed by atoms with Crippen molar-refractivity contribution in [2.24, 2.45) is 5.92 Å². The Hall–Kier alpha value is -2.34. The van der Waals surface area contributed by atoms with E-state index in [0.29, 0.717) is 31.2 Å². The van der Waals surface area contributed by atoms with Gasteiger partial charge in [-0.1, -0.05) is 64.1 Å². The smallest absolute Gasteiger partial charge is 0.261 e. The van der Waals surface area contributed by atoms with Gasteiger partial charge in [-0.25, -0.2) is 0 Å². The Bertz CT molecular complexity index is 855. The molecule has 2 aromatic carbocycles. The molecule has 1 N–H and O–H groups in total. The van der Waals surface area contributed by atoms with E-state index in [2.05, 4.69) is 28.2 Å². The summed E-state index contributed by atoms with van der Waals surface area (Å²) in [6.45, 7) is 8.90. The summed E-state index contributed by atoms with van der Waals surface area (Å²) < 4.78 is 6.64. The Morgan fingerprint density at radius 1 is 1.06 bits per heavy atom. The van der Waals surface area contributed by atoms with Crippen molar-refractivity contribution >= 4 is 27.7 Å². The highest BCUT2D eigenvalue weighted by atomic mass is 79.9. The number of carbonyl (C=O) groups excluding carboxylic acids is 2. The van der Waals surface area contributed by atoms with E-state index in [4.69, 9.17) is 4.74 Å². The average Bonchev–Trinajstić information content (AvgIpc) is 2.77. The Morgan fingerprint density at radius 3 is 2.35 bits per heavy atom. The first kappa shape index (κ1) is 24.9. The zero-order valence-electron chi connectivity index (χ0n) is 18.9. The number of aryl methyl sites for hydroxylation is 1. The summed E-state index contributed by atoms with van der Waals surface area (Å²) in [6.07, 6.45) is 1.45. The Balaban J connectivity index is 2.17. The first-order chi connectivity index (χ1) is 14.8. The molecule has 0 bridgehead atoms. The number of carbonyl (C=O) groups is 2.